The largest absolute Gasteiger partial charge is 0.490 e. The molecule has 1 aliphatic heterocycles. The number of halogens is 1. The topological polar surface area (TPSA) is 140 Å². The van der Waals surface area contributed by atoms with Crippen LogP contribution in [0.5, 0.6) is 17.2 Å². The average Bonchev–Trinajstić information content (AvgIpc) is 2.91. The van der Waals surface area contributed by atoms with Gasteiger partial charge in [-0.15, -0.1) is 6.42 Å². The summed E-state index contributed by atoms with van der Waals surface area (Å²) in [5, 5.41) is 19.7. The van der Waals surface area contributed by atoms with Crippen LogP contribution in [0.15, 0.2) is 57.2 Å². The monoisotopic (exact) mass is 600 g/mol. The van der Waals surface area contributed by atoms with Gasteiger partial charge in [-0.2, -0.15) is 5.10 Å². The summed E-state index contributed by atoms with van der Waals surface area (Å²) >= 11 is 3.40. The Labute approximate surface area is 234 Å². The summed E-state index contributed by atoms with van der Waals surface area (Å²) in [6.07, 6.45) is 5.60. The number of allylic oxidation sites excluding steroid dienone is 1. The number of nitrogens with zero attached hydrogens (tertiary/aromatic N) is 1. The highest BCUT2D eigenvalue weighted by Gasteiger charge is 2.32. The first-order chi connectivity index (χ1) is 18.8. The molecular weight excluding hydrogens is 572 g/mol. The number of urea groups is 1. The highest BCUT2D eigenvalue weighted by atomic mass is 79.9. The molecule has 0 saturated carbocycles. The molecule has 0 aromatic heterocycles. The smallest absolute Gasteiger partial charge is 0.337 e. The van der Waals surface area contributed by atoms with Crippen molar-refractivity contribution in [2.75, 3.05) is 26.9 Å². The fourth-order valence-corrected chi connectivity index (χ4v) is 4.06. The predicted molar refractivity (Wildman–Crippen MR) is 147 cm³/mol. The van der Waals surface area contributed by atoms with E-state index in [1.807, 2.05) is 6.07 Å². The Bertz CT molecular complexity index is 1310. The molecule has 12 heteroatoms. The van der Waals surface area contributed by atoms with Crippen molar-refractivity contribution in [2.45, 2.75) is 26.1 Å². The quantitative estimate of drug-likeness (QED) is 0.0958. The molecule has 1 aliphatic rings. The summed E-state index contributed by atoms with van der Waals surface area (Å²) in [4.78, 5) is 24.5. The number of carbonyl (C=O) groups excluding carboxylic acids is 2. The van der Waals surface area contributed by atoms with Gasteiger partial charge in [-0.25, -0.2) is 9.59 Å². The molecule has 0 bridgehead atoms. The van der Waals surface area contributed by atoms with Gasteiger partial charge < -0.3 is 34.7 Å². The number of nitrogens with one attached hydrogen (secondary N) is 3. The zero-order valence-corrected chi connectivity index (χ0v) is 23.2. The Balaban J connectivity index is 1.70. The van der Waals surface area contributed by atoms with Gasteiger partial charge in [-0.05, 0) is 49.7 Å². The van der Waals surface area contributed by atoms with E-state index < -0.39 is 24.3 Å². The number of amides is 2. The molecule has 0 spiro atoms. The van der Waals surface area contributed by atoms with E-state index in [4.69, 9.17) is 25.4 Å². The van der Waals surface area contributed by atoms with Crippen LogP contribution in [0.25, 0.3) is 0 Å². The van der Waals surface area contributed by atoms with Crippen LogP contribution in [-0.2, 0) is 9.53 Å². The van der Waals surface area contributed by atoms with Gasteiger partial charge in [0.05, 0.1) is 31.5 Å². The number of hydrogen-bond acceptors (Lipinski definition) is 9. The fourth-order valence-electron chi connectivity index (χ4n) is 3.69. The van der Waals surface area contributed by atoms with Crippen molar-refractivity contribution >= 4 is 34.1 Å². The summed E-state index contributed by atoms with van der Waals surface area (Å²) in [6, 6.07) is 9.13. The van der Waals surface area contributed by atoms with Crippen molar-refractivity contribution in [3.8, 4) is 29.6 Å². The van der Waals surface area contributed by atoms with Crippen LogP contribution >= 0.6 is 15.9 Å². The molecule has 4 N–H and O–H groups in total. The normalized spacial score (nSPS) is 15.6. The second-order valence-corrected chi connectivity index (χ2v) is 9.01. The first kappa shape index (κ1) is 29.3. The van der Waals surface area contributed by atoms with Gasteiger partial charge >= 0.3 is 12.0 Å². The van der Waals surface area contributed by atoms with Crippen molar-refractivity contribution in [1.29, 1.82) is 0 Å². The van der Waals surface area contributed by atoms with Crippen LogP contribution in [0.3, 0.4) is 0 Å². The molecule has 39 heavy (non-hydrogen) atoms. The van der Waals surface area contributed by atoms with Gasteiger partial charge in [0.25, 0.3) is 0 Å². The number of esters is 1. The van der Waals surface area contributed by atoms with Crippen LogP contribution in [-0.4, -0.2) is 56.5 Å². The van der Waals surface area contributed by atoms with Gasteiger partial charge in [0.1, 0.15) is 19.0 Å². The van der Waals surface area contributed by atoms with E-state index in [1.165, 1.54) is 13.3 Å². The van der Waals surface area contributed by atoms with Crippen molar-refractivity contribution in [1.82, 2.24) is 16.1 Å². The molecule has 206 valence electrons. The number of benzene rings is 2. The third-order valence-corrected chi connectivity index (χ3v) is 5.88. The van der Waals surface area contributed by atoms with E-state index in [0.29, 0.717) is 40.7 Å². The molecule has 1 heterocycles. The predicted octanol–water partition coefficient (Wildman–Crippen LogP) is 2.98. The number of carbonyl (C=O) groups is 2. The third-order valence-electron chi connectivity index (χ3n) is 5.38. The Morgan fingerprint density at radius 2 is 2.00 bits per heavy atom. The lowest BCUT2D eigenvalue weighted by molar-refractivity contribution is -0.136. The number of aliphatic hydroxyl groups excluding tert-OH is 1. The minimum atomic E-state index is -1.15. The molecule has 3 rings (SSSR count). The van der Waals surface area contributed by atoms with Crippen molar-refractivity contribution in [3.63, 3.8) is 0 Å². The van der Waals surface area contributed by atoms with Crippen LogP contribution < -0.4 is 30.3 Å². The summed E-state index contributed by atoms with van der Waals surface area (Å²) in [5.74, 6) is 3.09. The molecule has 11 nitrogen and oxygen atoms in total. The molecule has 2 amide bonds. The molecule has 2 atom stereocenters. The van der Waals surface area contributed by atoms with Crippen LogP contribution in [0.2, 0.25) is 0 Å². The zero-order chi connectivity index (χ0) is 28.4. The van der Waals surface area contributed by atoms with Gasteiger partial charge in [0.2, 0.25) is 0 Å². The zero-order valence-electron chi connectivity index (χ0n) is 21.6. The number of hydrogen-bond donors (Lipinski definition) is 4. The summed E-state index contributed by atoms with van der Waals surface area (Å²) < 4.78 is 22.7. The van der Waals surface area contributed by atoms with Crippen LogP contribution in [0.1, 0.15) is 31.0 Å². The van der Waals surface area contributed by atoms with E-state index >= 15 is 0 Å². The summed E-state index contributed by atoms with van der Waals surface area (Å²) in [5.41, 5.74) is 4.48. The lowest BCUT2D eigenvalue weighted by atomic mass is 9.95. The molecule has 0 aliphatic carbocycles. The maximum atomic E-state index is 12.4. The first-order valence-corrected chi connectivity index (χ1v) is 12.6. The van der Waals surface area contributed by atoms with E-state index in [2.05, 4.69) is 43.0 Å². The lowest BCUT2D eigenvalue weighted by Crippen LogP contribution is -2.45. The number of rotatable bonds is 12. The Kier molecular flexibility index (Phi) is 10.6. The van der Waals surface area contributed by atoms with E-state index in [1.54, 1.807) is 44.2 Å². The number of terminal acetylenes is 1. The molecule has 0 unspecified atom stereocenters. The SMILES string of the molecule is C#CCOc1ccc(Br)cc1/C=N/N[C@@H](O)COc1ccc([C@H]2NC(=O)NC(C)=C2C(=O)OC)cc1OCC. The molecule has 0 radical (unpaired) electrons. The molecule has 0 saturated heterocycles. The van der Waals surface area contributed by atoms with Crippen molar-refractivity contribution < 1.29 is 33.6 Å². The molecule has 0 fully saturated rings. The highest BCUT2D eigenvalue weighted by molar-refractivity contribution is 9.10. The van der Waals surface area contributed by atoms with Crippen LogP contribution in [0.4, 0.5) is 4.79 Å². The molecular formula is C27H29BrN4O7. The average molecular weight is 601 g/mol. The van der Waals surface area contributed by atoms with Crippen molar-refractivity contribution in [3.05, 3.63) is 63.3 Å². The highest BCUT2D eigenvalue weighted by Crippen LogP contribution is 2.35. The van der Waals surface area contributed by atoms with Crippen LogP contribution in [0, 0.1) is 12.3 Å². The second-order valence-electron chi connectivity index (χ2n) is 8.09. The maximum Gasteiger partial charge on any atom is 0.337 e. The van der Waals surface area contributed by atoms with E-state index in [-0.39, 0.29) is 18.8 Å². The third kappa shape index (κ3) is 7.89. The minimum absolute atomic E-state index is 0.108. The maximum absolute atomic E-state index is 12.4. The molecule has 2 aromatic rings. The fraction of sp³-hybridized carbons (Fsp3) is 0.296. The van der Waals surface area contributed by atoms with E-state index in [9.17, 15) is 14.7 Å². The number of methoxy groups -OCH3 is 1. The summed E-state index contributed by atoms with van der Waals surface area (Å²) in [7, 11) is 1.27. The molecule has 2 aromatic carbocycles. The first-order valence-electron chi connectivity index (χ1n) is 11.9. The Hall–Kier alpha value is -4.21. The van der Waals surface area contributed by atoms with Gasteiger partial charge in [0, 0.05) is 15.7 Å². The van der Waals surface area contributed by atoms with Gasteiger partial charge in [-0.3, -0.25) is 5.43 Å². The van der Waals surface area contributed by atoms with Crippen molar-refractivity contribution in [2.24, 2.45) is 5.10 Å². The lowest BCUT2D eigenvalue weighted by Gasteiger charge is -2.28. The number of aliphatic hydroxyl groups is 1. The van der Waals surface area contributed by atoms with Gasteiger partial charge in [0.15, 0.2) is 17.7 Å². The standard InChI is InChI=1S/C27H29BrN4O7/c1-5-11-38-20-10-8-19(28)12-18(20)14-29-32-23(33)15-39-21-9-7-17(13-22(21)37-6-2)25-24(26(34)36-4)16(3)30-27(35)31-25/h1,7-10,12-14,23,25,32-33H,6,11,15H2,2-4H3,(H2,30,31,35)/b29-14+/t23-,25+/m0/s1. The summed E-state index contributed by atoms with van der Waals surface area (Å²) in [6.45, 7) is 3.71. The minimum Gasteiger partial charge on any atom is -0.490 e. The number of hydrazone groups is 1. The number of ether oxygens (including phenoxy) is 4. The van der Waals surface area contributed by atoms with Gasteiger partial charge in [-0.1, -0.05) is 27.9 Å². The van der Waals surface area contributed by atoms with E-state index in [0.717, 1.165) is 4.47 Å². The Morgan fingerprint density at radius 3 is 2.72 bits per heavy atom. The Morgan fingerprint density at radius 1 is 1.23 bits per heavy atom. The second kappa shape index (κ2) is 14.1.